The molecule has 0 radical (unpaired) electrons. The molecule has 1 aromatic heterocycles. The highest BCUT2D eigenvalue weighted by molar-refractivity contribution is 5.99. The van der Waals surface area contributed by atoms with Crippen molar-refractivity contribution in [3.8, 4) is 11.3 Å². The van der Waals surface area contributed by atoms with E-state index in [-0.39, 0.29) is 0 Å². The first kappa shape index (κ1) is 8.88. The Morgan fingerprint density at radius 1 is 0.882 bits per heavy atom. The van der Waals surface area contributed by atoms with Gasteiger partial charge in [-0.05, 0) is 17.5 Å². The molecule has 0 unspecified atom stereocenters. The molecule has 0 spiro atoms. The number of aromatic nitrogens is 2. The van der Waals surface area contributed by atoms with E-state index in [2.05, 4.69) is 52.7 Å². The topological polar surface area (TPSA) is 25.8 Å². The molecule has 3 aromatic rings. The minimum Gasteiger partial charge on any atom is -0.158 e. The standard InChI is InChI=1S/C15H10N2/c1-2-7-13-10(4-1)8-11-5-3-6-12-9-16-17-15(13)14(11)12/h1-7,9H,8H2. The molecule has 0 atom stereocenters. The van der Waals surface area contributed by atoms with Gasteiger partial charge in [0.25, 0.3) is 0 Å². The highest BCUT2D eigenvalue weighted by Crippen LogP contribution is 2.36. The molecule has 0 bridgehead atoms. The number of benzene rings is 2. The van der Waals surface area contributed by atoms with Crippen LogP contribution >= 0.6 is 0 Å². The molecule has 0 aliphatic heterocycles. The summed E-state index contributed by atoms with van der Waals surface area (Å²) in [5, 5.41) is 10.9. The van der Waals surface area contributed by atoms with Gasteiger partial charge in [-0.25, -0.2) is 0 Å². The van der Waals surface area contributed by atoms with Crippen molar-refractivity contribution in [2.24, 2.45) is 0 Å². The van der Waals surface area contributed by atoms with Crippen LogP contribution in [-0.2, 0) is 6.42 Å². The van der Waals surface area contributed by atoms with Gasteiger partial charge in [0.05, 0.1) is 6.20 Å². The van der Waals surface area contributed by atoms with Crippen LogP contribution in [-0.4, -0.2) is 10.2 Å². The summed E-state index contributed by atoms with van der Waals surface area (Å²) in [5.41, 5.74) is 4.95. The Bertz CT molecular complexity index is 727. The maximum Gasteiger partial charge on any atom is 0.101 e. The van der Waals surface area contributed by atoms with Gasteiger partial charge in [0.1, 0.15) is 5.69 Å². The van der Waals surface area contributed by atoms with Gasteiger partial charge in [-0.15, -0.1) is 5.10 Å². The average molecular weight is 218 g/mol. The van der Waals surface area contributed by atoms with Crippen molar-refractivity contribution in [2.75, 3.05) is 0 Å². The van der Waals surface area contributed by atoms with Crippen LogP contribution in [0.5, 0.6) is 0 Å². The lowest BCUT2D eigenvalue weighted by atomic mass is 9.87. The van der Waals surface area contributed by atoms with Crippen molar-refractivity contribution >= 4 is 10.8 Å². The van der Waals surface area contributed by atoms with E-state index in [1.165, 1.54) is 27.5 Å². The lowest BCUT2D eigenvalue weighted by Gasteiger charge is -2.18. The smallest absolute Gasteiger partial charge is 0.101 e. The quantitative estimate of drug-likeness (QED) is 0.453. The molecule has 0 saturated heterocycles. The van der Waals surface area contributed by atoms with E-state index in [0.717, 1.165) is 12.1 Å². The minimum absolute atomic E-state index is 0.992. The minimum atomic E-state index is 0.992. The molecular formula is C15H10N2. The second kappa shape index (κ2) is 3.14. The van der Waals surface area contributed by atoms with Gasteiger partial charge in [0.15, 0.2) is 0 Å². The second-order valence-electron chi connectivity index (χ2n) is 4.41. The molecule has 0 amide bonds. The molecular weight excluding hydrogens is 208 g/mol. The second-order valence-corrected chi connectivity index (χ2v) is 4.41. The molecule has 1 heterocycles. The van der Waals surface area contributed by atoms with Gasteiger partial charge in [0.2, 0.25) is 0 Å². The van der Waals surface area contributed by atoms with Crippen LogP contribution in [0.4, 0.5) is 0 Å². The van der Waals surface area contributed by atoms with Crippen LogP contribution < -0.4 is 0 Å². The molecule has 0 fully saturated rings. The first-order valence-electron chi connectivity index (χ1n) is 5.75. The maximum atomic E-state index is 4.33. The molecule has 0 N–H and O–H groups in total. The lowest BCUT2D eigenvalue weighted by Crippen LogP contribution is -2.03. The Morgan fingerprint density at radius 2 is 1.76 bits per heavy atom. The van der Waals surface area contributed by atoms with Crippen molar-refractivity contribution in [3.05, 3.63) is 59.8 Å². The van der Waals surface area contributed by atoms with Crippen molar-refractivity contribution < 1.29 is 0 Å². The average Bonchev–Trinajstić information content (AvgIpc) is 2.39. The molecule has 4 rings (SSSR count). The van der Waals surface area contributed by atoms with Gasteiger partial charge >= 0.3 is 0 Å². The Labute approximate surface area is 98.9 Å². The molecule has 0 saturated carbocycles. The molecule has 2 aromatic carbocycles. The van der Waals surface area contributed by atoms with E-state index in [1.54, 1.807) is 0 Å². The van der Waals surface area contributed by atoms with Crippen LogP contribution in [0.15, 0.2) is 48.7 Å². The number of hydrogen-bond acceptors (Lipinski definition) is 2. The Morgan fingerprint density at radius 3 is 2.76 bits per heavy atom. The Kier molecular flexibility index (Phi) is 1.64. The van der Waals surface area contributed by atoms with Crippen LogP contribution in [0.1, 0.15) is 11.1 Å². The molecule has 17 heavy (non-hydrogen) atoms. The predicted molar refractivity (Wildman–Crippen MR) is 67.8 cm³/mol. The summed E-state index contributed by atoms with van der Waals surface area (Å²) in [7, 11) is 0. The van der Waals surface area contributed by atoms with Gasteiger partial charge < -0.3 is 0 Å². The molecule has 80 valence electrons. The first-order chi connectivity index (χ1) is 8.43. The van der Waals surface area contributed by atoms with Gasteiger partial charge in [-0.2, -0.15) is 5.10 Å². The van der Waals surface area contributed by atoms with E-state index < -0.39 is 0 Å². The third-order valence-electron chi connectivity index (χ3n) is 3.43. The summed E-state index contributed by atoms with van der Waals surface area (Å²) < 4.78 is 0. The van der Waals surface area contributed by atoms with Crippen LogP contribution in [0.3, 0.4) is 0 Å². The van der Waals surface area contributed by atoms with Crippen molar-refractivity contribution in [1.82, 2.24) is 10.2 Å². The Hall–Kier alpha value is -2.22. The molecule has 1 aliphatic rings. The normalized spacial score (nSPS) is 12.5. The zero-order valence-electron chi connectivity index (χ0n) is 9.22. The van der Waals surface area contributed by atoms with Crippen molar-refractivity contribution in [1.29, 1.82) is 0 Å². The maximum absolute atomic E-state index is 4.33. The third kappa shape index (κ3) is 1.15. The summed E-state index contributed by atoms with van der Waals surface area (Å²) in [6.45, 7) is 0. The van der Waals surface area contributed by atoms with Gasteiger partial charge in [-0.3, -0.25) is 0 Å². The van der Waals surface area contributed by atoms with Gasteiger partial charge in [-0.1, -0.05) is 42.5 Å². The highest BCUT2D eigenvalue weighted by atomic mass is 15.1. The van der Waals surface area contributed by atoms with Gasteiger partial charge in [0, 0.05) is 16.3 Å². The van der Waals surface area contributed by atoms with Crippen molar-refractivity contribution in [3.63, 3.8) is 0 Å². The van der Waals surface area contributed by atoms with Crippen LogP contribution in [0.25, 0.3) is 22.0 Å². The summed E-state index contributed by atoms with van der Waals surface area (Å²) in [5.74, 6) is 0. The van der Waals surface area contributed by atoms with Crippen LogP contribution in [0, 0.1) is 0 Å². The zero-order chi connectivity index (χ0) is 11.2. The third-order valence-corrected chi connectivity index (χ3v) is 3.43. The fraction of sp³-hybridized carbons (Fsp3) is 0.0667. The van der Waals surface area contributed by atoms with Crippen LogP contribution in [0.2, 0.25) is 0 Å². The van der Waals surface area contributed by atoms with E-state index in [4.69, 9.17) is 0 Å². The van der Waals surface area contributed by atoms with E-state index >= 15 is 0 Å². The number of hydrogen-bond donors (Lipinski definition) is 0. The van der Waals surface area contributed by atoms with E-state index in [9.17, 15) is 0 Å². The van der Waals surface area contributed by atoms with Crippen molar-refractivity contribution in [2.45, 2.75) is 6.42 Å². The fourth-order valence-electron chi connectivity index (χ4n) is 2.66. The summed E-state index contributed by atoms with van der Waals surface area (Å²) in [4.78, 5) is 0. The predicted octanol–water partition coefficient (Wildman–Crippen LogP) is 3.20. The fourth-order valence-corrected chi connectivity index (χ4v) is 2.66. The highest BCUT2D eigenvalue weighted by Gasteiger charge is 2.18. The zero-order valence-corrected chi connectivity index (χ0v) is 9.22. The SMILES string of the molecule is c1ccc2c(c1)Cc1cccc3cnnc-2c13. The number of rotatable bonds is 0. The lowest BCUT2D eigenvalue weighted by molar-refractivity contribution is 1.04. The number of fused-ring (bicyclic) bond motifs is 2. The monoisotopic (exact) mass is 218 g/mol. The molecule has 2 heteroatoms. The van der Waals surface area contributed by atoms with E-state index in [0.29, 0.717) is 0 Å². The number of nitrogens with zero attached hydrogens (tertiary/aromatic N) is 2. The first-order valence-corrected chi connectivity index (χ1v) is 5.75. The molecule has 1 aliphatic carbocycles. The summed E-state index contributed by atoms with van der Waals surface area (Å²) in [6.07, 6.45) is 2.84. The largest absolute Gasteiger partial charge is 0.158 e. The summed E-state index contributed by atoms with van der Waals surface area (Å²) >= 11 is 0. The summed E-state index contributed by atoms with van der Waals surface area (Å²) in [6, 6.07) is 14.8. The molecule has 2 nitrogen and oxygen atoms in total. The van der Waals surface area contributed by atoms with E-state index in [1.807, 2.05) is 6.20 Å². The Balaban J connectivity index is 2.22.